The number of carboxylic acid groups (broad SMARTS) is 1. The van der Waals surface area contributed by atoms with Gasteiger partial charge in [0.15, 0.2) is 0 Å². The van der Waals surface area contributed by atoms with Gasteiger partial charge in [0.25, 0.3) is 5.91 Å². The second-order valence-electron chi connectivity index (χ2n) is 7.48. The molecule has 1 aromatic heterocycles. The fourth-order valence-electron chi connectivity index (χ4n) is 2.41. The molecule has 0 aliphatic rings. The molecule has 0 aliphatic heterocycles. The van der Waals surface area contributed by atoms with Gasteiger partial charge in [-0.15, -0.1) is 0 Å². The molecule has 1 aromatic carbocycles. The molecule has 0 bridgehead atoms. The number of aliphatic carboxylic acids is 1. The zero-order chi connectivity index (χ0) is 20.4. The molecule has 0 atom stereocenters. The lowest BCUT2D eigenvalue weighted by atomic mass is 9.95. The minimum Gasteiger partial charge on any atom is -0.481 e. The lowest BCUT2D eigenvalue weighted by molar-refractivity contribution is -0.136. The minimum atomic E-state index is -1.08. The smallest absolute Gasteiger partial charge is 0.311 e. The average molecular weight is 372 g/mol. The summed E-state index contributed by atoms with van der Waals surface area (Å²) >= 11 is 0. The topological polar surface area (TPSA) is 109 Å². The van der Waals surface area contributed by atoms with Gasteiger partial charge in [-0.1, -0.05) is 26.8 Å². The number of benzene rings is 1. The fraction of sp³-hybridized carbons (Fsp3) is 0.350. The number of hydrogen-bond donors (Lipinski definition) is 3. The summed E-state index contributed by atoms with van der Waals surface area (Å²) in [7, 11) is 0. The third-order valence-corrected chi connectivity index (χ3v) is 4.01. The molecule has 3 N–H and O–H groups in total. The summed E-state index contributed by atoms with van der Waals surface area (Å²) in [5.74, 6) is -1.58. The number of nitrogens with one attached hydrogen (secondary N) is 2. The Labute approximate surface area is 157 Å². The first-order valence-electron chi connectivity index (χ1n) is 8.51. The molecule has 7 heteroatoms. The zero-order valence-corrected chi connectivity index (χ0v) is 16.1. The van der Waals surface area contributed by atoms with Crippen LogP contribution in [0.15, 0.2) is 28.9 Å². The molecule has 144 valence electrons. The SMILES string of the molecule is Cc1ccc(NC(=O)C(C)(C)C)cc1NC(=O)c1c(C)coc1CC(=O)O. The Bertz CT molecular complexity index is 890. The van der Waals surface area contributed by atoms with Crippen LogP contribution in [0.25, 0.3) is 0 Å². The van der Waals surface area contributed by atoms with Crippen LogP contribution in [0.5, 0.6) is 0 Å². The molecule has 27 heavy (non-hydrogen) atoms. The lowest BCUT2D eigenvalue weighted by Crippen LogP contribution is -2.27. The van der Waals surface area contributed by atoms with Crippen LogP contribution in [0, 0.1) is 19.3 Å². The van der Waals surface area contributed by atoms with E-state index in [9.17, 15) is 14.4 Å². The van der Waals surface area contributed by atoms with Gasteiger partial charge in [-0.2, -0.15) is 0 Å². The monoisotopic (exact) mass is 372 g/mol. The Morgan fingerprint density at radius 3 is 2.33 bits per heavy atom. The maximum atomic E-state index is 12.7. The molecule has 2 rings (SSSR count). The highest BCUT2D eigenvalue weighted by atomic mass is 16.4. The Morgan fingerprint density at radius 1 is 1.07 bits per heavy atom. The predicted octanol–water partition coefficient (Wildman–Crippen LogP) is 3.76. The Morgan fingerprint density at radius 2 is 1.74 bits per heavy atom. The van der Waals surface area contributed by atoms with Crippen molar-refractivity contribution < 1.29 is 23.9 Å². The molecule has 1 heterocycles. The largest absolute Gasteiger partial charge is 0.481 e. The number of amides is 2. The maximum Gasteiger partial charge on any atom is 0.311 e. The fourth-order valence-corrected chi connectivity index (χ4v) is 2.41. The van der Waals surface area contributed by atoms with Crippen molar-refractivity contribution in [3.63, 3.8) is 0 Å². The molecular formula is C20H24N2O5. The second-order valence-corrected chi connectivity index (χ2v) is 7.48. The van der Waals surface area contributed by atoms with Gasteiger partial charge in [0.05, 0.1) is 11.8 Å². The number of carbonyl (C=O) groups excluding carboxylic acids is 2. The first kappa shape index (κ1) is 20.2. The molecule has 0 aliphatic carbocycles. The molecule has 0 fully saturated rings. The van der Waals surface area contributed by atoms with Crippen LogP contribution in [0.1, 0.15) is 48.0 Å². The van der Waals surface area contributed by atoms with Crippen molar-refractivity contribution in [1.82, 2.24) is 0 Å². The van der Waals surface area contributed by atoms with E-state index in [4.69, 9.17) is 9.52 Å². The zero-order valence-electron chi connectivity index (χ0n) is 16.1. The van der Waals surface area contributed by atoms with Crippen molar-refractivity contribution >= 4 is 29.2 Å². The summed E-state index contributed by atoms with van der Waals surface area (Å²) in [4.78, 5) is 35.8. The van der Waals surface area contributed by atoms with Gasteiger partial charge in [-0.3, -0.25) is 14.4 Å². The molecule has 2 amide bonds. The molecule has 7 nitrogen and oxygen atoms in total. The van der Waals surface area contributed by atoms with Crippen LogP contribution in [0.4, 0.5) is 11.4 Å². The van der Waals surface area contributed by atoms with Gasteiger partial charge in [0.1, 0.15) is 12.2 Å². The minimum absolute atomic E-state index is 0.104. The Kier molecular flexibility index (Phi) is 5.73. The van der Waals surface area contributed by atoms with Crippen LogP contribution in [-0.2, 0) is 16.0 Å². The highest BCUT2D eigenvalue weighted by Crippen LogP contribution is 2.25. The van der Waals surface area contributed by atoms with Gasteiger partial charge in [-0.25, -0.2) is 0 Å². The summed E-state index contributed by atoms with van der Waals surface area (Å²) in [6.07, 6.45) is 0.983. The molecule has 0 radical (unpaired) electrons. The van der Waals surface area contributed by atoms with E-state index in [0.29, 0.717) is 16.9 Å². The third-order valence-electron chi connectivity index (χ3n) is 4.01. The van der Waals surface area contributed by atoms with Crippen molar-refractivity contribution in [1.29, 1.82) is 0 Å². The predicted molar refractivity (Wildman–Crippen MR) is 102 cm³/mol. The number of carbonyl (C=O) groups is 3. The van der Waals surface area contributed by atoms with E-state index in [1.54, 1.807) is 25.1 Å². The van der Waals surface area contributed by atoms with E-state index in [2.05, 4.69) is 10.6 Å². The van der Waals surface area contributed by atoms with Crippen LogP contribution in [0.2, 0.25) is 0 Å². The number of rotatable bonds is 5. The summed E-state index contributed by atoms with van der Waals surface area (Å²) in [6.45, 7) is 8.93. The average Bonchev–Trinajstić information content (AvgIpc) is 2.89. The van der Waals surface area contributed by atoms with E-state index >= 15 is 0 Å². The van der Waals surface area contributed by atoms with Crippen molar-refractivity contribution in [2.24, 2.45) is 5.41 Å². The third kappa shape index (κ3) is 4.97. The van der Waals surface area contributed by atoms with Gasteiger partial charge in [0.2, 0.25) is 5.91 Å². The van der Waals surface area contributed by atoms with Crippen molar-refractivity contribution in [2.45, 2.75) is 41.0 Å². The van der Waals surface area contributed by atoms with E-state index in [1.807, 2.05) is 27.7 Å². The van der Waals surface area contributed by atoms with E-state index in [-0.39, 0.29) is 23.7 Å². The summed E-state index contributed by atoms with van der Waals surface area (Å²) in [5.41, 5.74) is 2.10. The molecule has 2 aromatic rings. The second kappa shape index (κ2) is 7.65. The van der Waals surface area contributed by atoms with E-state index in [1.165, 1.54) is 6.26 Å². The number of carboxylic acids is 1. The Balaban J connectivity index is 2.26. The van der Waals surface area contributed by atoms with Crippen LogP contribution in [0.3, 0.4) is 0 Å². The molecule has 0 spiro atoms. The molecule has 0 unspecified atom stereocenters. The maximum absolute atomic E-state index is 12.7. The standard InChI is InChI=1S/C20H24N2O5/c1-11-6-7-13(21-19(26)20(3,4)5)8-14(11)22-18(25)17-12(2)10-27-15(17)9-16(23)24/h6-8,10H,9H2,1-5H3,(H,21,26)(H,22,25)(H,23,24). The first-order chi connectivity index (χ1) is 12.5. The number of hydrogen-bond acceptors (Lipinski definition) is 4. The highest BCUT2D eigenvalue weighted by Gasteiger charge is 2.23. The molecular weight excluding hydrogens is 348 g/mol. The van der Waals surface area contributed by atoms with Gasteiger partial charge in [-0.05, 0) is 31.5 Å². The lowest BCUT2D eigenvalue weighted by Gasteiger charge is -2.18. The number of aryl methyl sites for hydroxylation is 2. The Hall–Kier alpha value is -3.09. The van der Waals surface area contributed by atoms with Crippen molar-refractivity contribution in [2.75, 3.05) is 10.6 Å². The van der Waals surface area contributed by atoms with Gasteiger partial charge < -0.3 is 20.2 Å². The molecule has 0 saturated heterocycles. The number of anilines is 2. The summed E-state index contributed by atoms with van der Waals surface area (Å²) in [6, 6.07) is 5.21. The normalized spacial score (nSPS) is 11.1. The summed E-state index contributed by atoms with van der Waals surface area (Å²) < 4.78 is 5.21. The van der Waals surface area contributed by atoms with Crippen LogP contribution in [-0.4, -0.2) is 22.9 Å². The van der Waals surface area contributed by atoms with Crippen LogP contribution >= 0.6 is 0 Å². The van der Waals surface area contributed by atoms with E-state index in [0.717, 1.165) is 5.56 Å². The van der Waals surface area contributed by atoms with Crippen molar-refractivity contribution in [3.8, 4) is 0 Å². The summed E-state index contributed by atoms with van der Waals surface area (Å²) in [5, 5.41) is 14.6. The molecule has 0 saturated carbocycles. The van der Waals surface area contributed by atoms with Crippen LogP contribution < -0.4 is 10.6 Å². The highest BCUT2D eigenvalue weighted by molar-refractivity contribution is 6.07. The first-order valence-corrected chi connectivity index (χ1v) is 8.51. The van der Waals surface area contributed by atoms with E-state index < -0.39 is 17.3 Å². The quantitative estimate of drug-likeness (QED) is 0.740. The van der Waals surface area contributed by atoms with Gasteiger partial charge >= 0.3 is 5.97 Å². The van der Waals surface area contributed by atoms with Gasteiger partial charge in [0, 0.05) is 22.4 Å². The number of furan rings is 1. The van der Waals surface area contributed by atoms with Crippen molar-refractivity contribution in [3.05, 3.63) is 46.9 Å².